The van der Waals surface area contributed by atoms with E-state index in [0.29, 0.717) is 5.92 Å². The summed E-state index contributed by atoms with van der Waals surface area (Å²) >= 11 is 6.92. The van der Waals surface area contributed by atoms with Gasteiger partial charge < -0.3 is 4.74 Å². The monoisotopic (exact) mass is 369 g/mol. The highest BCUT2D eigenvalue weighted by molar-refractivity contribution is 9.10. The second kappa shape index (κ2) is 5.85. The predicted octanol–water partition coefficient (Wildman–Crippen LogP) is 5.52. The summed E-state index contributed by atoms with van der Waals surface area (Å²) in [4.78, 5) is 4.02. The Morgan fingerprint density at radius 3 is 2.56 bits per heavy atom. The smallest absolute Gasteiger partial charge is 0.144 e. The minimum Gasteiger partial charge on any atom is -0.456 e. The third-order valence-electron chi connectivity index (χ3n) is 2.55. The van der Waals surface area contributed by atoms with Gasteiger partial charge in [0.2, 0.25) is 0 Å². The Hall–Kier alpha value is -0.870. The average molecular weight is 371 g/mol. The van der Waals surface area contributed by atoms with Crippen LogP contribution in [0, 0.1) is 0 Å². The normalized spacial score (nSPS) is 10.7. The van der Waals surface area contributed by atoms with Crippen LogP contribution in [0.4, 0.5) is 0 Å². The van der Waals surface area contributed by atoms with Crippen LogP contribution in [-0.2, 0) is 0 Å². The van der Waals surface area contributed by atoms with Crippen molar-refractivity contribution >= 4 is 31.9 Å². The fourth-order valence-corrected chi connectivity index (χ4v) is 2.34. The third kappa shape index (κ3) is 3.12. The molecular weight excluding hydrogens is 358 g/mol. The number of rotatable bonds is 3. The second-order valence-corrected chi connectivity index (χ2v) is 6.02. The van der Waals surface area contributed by atoms with Gasteiger partial charge in [0.1, 0.15) is 11.5 Å². The van der Waals surface area contributed by atoms with Crippen LogP contribution in [0.1, 0.15) is 25.3 Å². The van der Waals surface area contributed by atoms with Crippen molar-refractivity contribution in [3.63, 3.8) is 0 Å². The van der Waals surface area contributed by atoms with E-state index < -0.39 is 0 Å². The highest BCUT2D eigenvalue weighted by Crippen LogP contribution is 2.35. The molecule has 2 aromatic rings. The molecule has 0 radical (unpaired) electrons. The molecule has 0 bridgehead atoms. The van der Waals surface area contributed by atoms with Crippen molar-refractivity contribution in [3.05, 3.63) is 51.2 Å². The predicted molar refractivity (Wildman–Crippen MR) is 80.2 cm³/mol. The van der Waals surface area contributed by atoms with Gasteiger partial charge in [-0.2, -0.15) is 0 Å². The van der Waals surface area contributed by atoms with Crippen molar-refractivity contribution in [3.8, 4) is 11.5 Å². The van der Waals surface area contributed by atoms with Crippen LogP contribution >= 0.6 is 31.9 Å². The van der Waals surface area contributed by atoms with Crippen LogP contribution in [0.2, 0.25) is 0 Å². The van der Waals surface area contributed by atoms with E-state index >= 15 is 0 Å². The maximum atomic E-state index is 5.95. The molecule has 0 unspecified atom stereocenters. The summed E-state index contributed by atoms with van der Waals surface area (Å²) in [5, 5.41) is 0. The van der Waals surface area contributed by atoms with Gasteiger partial charge in [0.25, 0.3) is 0 Å². The van der Waals surface area contributed by atoms with Crippen molar-refractivity contribution in [1.29, 1.82) is 0 Å². The minimum absolute atomic E-state index is 0.401. The summed E-state index contributed by atoms with van der Waals surface area (Å²) < 4.78 is 7.86. The highest BCUT2D eigenvalue weighted by Gasteiger charge is 2.10. The number of hydrogen-bond donors (Lipinski definition) is 0. The van der Waals surface area contributed by atoms with Gasteiger partial charge in [-0.3, -0.25) is 4.98 Å². The average Bonchev–Trinajstić information content (AvgIpc) is 2.34. The summed E-state index contributed by atoms with van der Waals surface area (Å²) in [6.45, 7) is 4.30. The number of halogens is 2. The SMILES string of the molecule is CC(C)c1cc(Br)ccc1Oc1ccncc1Br. The Morgan fingerprint density at radius 2 is 1.89 bits per heavy atom. The molecule has 0 amide bonds. The van der Waals surface area contributed by atoms with E-state index in [-0.39, 0.29) is 0 Å². The van der Waals surface area contributed by atoms with Crippen molar-refractivity contribution < 1.29 is 4.74 Å². The largest absolute Gasteiger partial charge is 0.456 e. The number of nitrogens with zero attached hydrogens (tertiary/aromatic N) is 1. The Labute approximate surface area is 124 Å². The Balaban J connectivity index is 2.37. The van der Waals surface area contributed by atoms with Crippen LogP contribution < -0.4 is 4.74 Å². The van der Waals surface area contributed by atoms with Crippen LogP contribution in [0.15, 0.2) is 45.6 Å². The molecule has 1 heterocycles. The van der Waals surface area contributed by atoms with E-state index in [9.17, 15) is 0 Å². The molecule has 1 aromatic heterocycles. The van der Waals surface area contributed by atoms with Crippen LogP contribution in [0.3, 0.4) is 0 Å². The van der Waals surface area contributed by atoms with Crippen molar-refractivity contribution in [2.75, 3.05) is 0 Å². The molecule has 2 nitrogen and oxygen atoms in total. The lowest BCUT2D eigenvalue weighted by atomic mass is 10.0. The minimum atomic E-state index is 0.401. The van der Waals surface area contributed by atoms with E-state index in [1.807, 2.05) is 18.2 Å². The molecule has 0 saturated heterocycles. The van der Waals surface area contributed by atoms with Crippen LogP contribution in [0.5, 0.6) is 11.5 Å². The zero-order valence-corrected chi connectivity index (χ0v) is 13.3. The molecule has 1 aromatic carbocycles. The molecule has 0 aliphatic carbocycles. The maximum absolute atomic E-state index is 5.95. The van der Waals surface area contributed by atoms with Gasteiger partial charge in [0.15, 0.2) is 0 Å². The van der Waals surface area contributed by atoms with E-state index in [0.717, 1.165) is 20.4 Å². The number of pyridine rings is 1. The van der Waals surface area contributed by atoms with Gasteiger partial charge in [0.05, 0.1) is 4.47 Å². The van der Waals surface area contributed by atoms with Crippen LogP contribution in [-0.4, -0.2) is 4.98 Å². The van der Waals surface area contributed by atoms with E-state index in [2.05, 4.69) is 56.8 Å². The summed E-state index contributed by atoms with van der Waals surface area (Å²) in [7, 11) is 0. The standard InChI is InChI=1S/C14H13Br2NO/c1-9(2)11-7-10(15)3-4-13(11)18-14-5-6-17-8-12(14)16/h3-9H,1-2H3. The first-order valence-electron chi connectivity index (χ1n) is 5.64. The zero-order chi connectivity index (χ0) is 13.1. The molecule has 4 heteroatoms. The lowest BCUT2D eigenvalue weighted by molar-refractivity contribution is 0.469. The number of hydrogen-bond acceptors (Lipinski definition) is 2. The van der Waals surface area contributed by atoms with Crippen molar-refractivity contribution in [2.24, 2.45) is 0 Å². The van der Waals surface area contributed by atoms with Gasteiger partial charge in [-0.15, -0.1) is 0 Å². The third-order valence-corrected chi connectivity index (χ3v) is 3.64. The van der Waals surface area contributed by atoms with Gasteiger partial charge >= 0.3 is 0 Å². The van der Waals surface area contributed by atoms with Gasteiger partial charge in [-0.05, 0) is 45.6 Å². The van der Waals surface area contributed by atoms with Crippen molar-refractivity contribution in [1.82, 2.24) is 4.98 Å². The Morgan fingerprint density at radius 1 is 1.11 bits per heavy atom. The Bertz CT molecular complexity index is 555. The van der Waals surface area contributed by atoms with E-state index in [1.54, 1.807) is 12.4 Å². The molecular formula is C14H13Br2NO. The molecule has 0 atom stereocenters. The lowest BCUT2D eigenvalue weighted by Gasteiger charge is -2.14. The van der Waals surface area contributed by atoms with Crippen LogP contribution in [0.25, 0.3) is 0 Å². The van der Waals surface area contributed by atoms with Crippen molar-refractivity contribution in [2.45, 2.75) is 19.8 Å². The van der Waals surface area contributed by atoms with E-state index in [1.165, 1.54) is 5.56 Å². The van der Waals surface area contributed by atoms with E-state index in [4.69, 9.17) is 4.74 Å². The summed E-state index contributed by atoms with van der Waals surface area (Å²) in [6, 6.07) is 7.90. The number of ether oxygens (including phenoxy) is 1. The quantitative estimate of drug-likeness (QED) is 0.709. The first kappa shape index (κ1) is 13.6. The number of benzene rings is 1. The highest BCUT2D eigenvalue weighted by atomic mass is 79.9. The zero-order valence-electron chi connectivity index (χ0n) is 10.2. The Kier molecular flexibility index (Phi) is 4.40. The molecule has 0 spiro atoms. The fraction of sp³-hybridized carbons (Fsp3) is 0.214. The molecule has 0 fully saturated rings. The number of aromatic nitrogens is 1. The summed E-state index contributed by atoms with van der Waals surface area (Å²) in [6.07, 6.45) is 3.44. The molecule has 2 rings (SSSR count). The fourth-order valence-electron chi connectivity index (χ4n) is 1.63. The molecule has 0 saturated carbocycles. The first-order valence-corrected chi connectivity index (χ1v) is 7.23. The van der Waals surface area contributed by atoms with Gasteiger partial charge in [0, 0.05) is 22.9 Å². The topological polar surface area (TPSA) is 22.1 Å². The molecule has 94 valence electrons. The second-order valence-electron chi connectivity index (χ2n) is 4.25. The molecule has 18 heavy (non-hydrogen) atoms. The molecule has 0 aliphatic rings. The molecule has 0 N–H and O–H groups in total. The summed E-state index contributed by atoms with van der Waals surface area (Å²) in [5.41, 5.74) is 1.17. The van der Waals surface area contributed by atoms with Gasteiger partial charge in [-0.1, -0.05) is 29.8 Å². The molecule has 0 aliphatic heterocycles. The lowest BCUT2D eigenvalue weighted by Crippen LogP contribution is -1.94. The van der Waals surface area contributed by atoms with Gasteiger partial charge in [-0.25, -0.2) is 0 Å². The summed E-state index contributed by atoms with van der Waals surface area (Å²) in [5.74, 6) is 2.05. The maximum Gasteiger partial charge on any atom is 0.144 e. The first-order chi connectivity index (χ1) is 8.58.